The monoisotopic (exact) mass is 334 g/mol. The molecule has 1 atom stereocenters. The van der Waals surface area contributed by atoms with E-state index in [1.807, 2.05) is 36.6 Å². The third kappa shape index (κ3) is 3.12. The van der Waals surface area contributed by atoms with Crippen LogP contribution in [0.2, 0.25) is 0 Å². The van der Waals surface area contributed by atoms with Crippen LogP contribution in [0.25, 0.3) is 0 Å². The summed E-state index contributed by atoms with van der Waals surface area (Å²) in [5.41, 5.74) is 1.02. The third-order valence-electron chi connectivity index (χ3n) is 3.31. The number of benzene rings is 1. The highest BCUT2D eigenvalue weighted by atomic mass is 32.2. The molecular weight excluding hydrogens is 320 g/mol. The van der Waals surface area contributed by atoms with E-state index in [-0.39, 0.29) is 18.5 Å². The van der Waals surface area contributed by atoms with Gasteiger partial charge in [0.1, 0.15) is 11.0 Å². The molecule has 0 saturated carbocycles. The number of nitrogens with zero attached hydrogens (tertiary/aromatic N) is 3. The van der Waals surface area contributed by atoms with Crippen molar-refractivity contribution in [1.82, 2.24) is 20.4 Å². The van der Waals surface area contributed by atoms with E-state index < -0.39 is 6.04 Å². The Morgan fingerprint density at radius 3 is 2.73 bits per heavy atom. The Hall–Kier alpha value is -1.93. The largest absolute Gasteiger partial charge is 0.325 e. The van der Waals surface area contributed by atoms with Crippen molar-refractivity contribution in [3.63, 3.8) is 0 Å². The molecule has 2 aromatic rings. The van der Waals surface area contributed by atoms with E-state index in [2.05, 4.69) is 15.5 Å². The standard InChI is InChI=1S/C14H14N4O2S2/c1-21-14-17-16-11(22-14)8-18-12(19)10(15-13(18)20)7-9-5-3-2-4-6-9/h2-6,10H,7-8H2,1H3,(H,15,20). The Morgan fingerprint density at radius 1 is 1.27 bits per heavy atom. The highest BCUT2D eigenvalue weighted by Crippen LogP contribution is 2.22. The zero-order valence-corrected chi connectivity index (χ0v) is 13.5. The number of amides is 3. The molecule has 3 amide bonds. The molecule has 0 bridgehead atoms. The fourth-order valence-corrected chi connectivity index (χ4v) is 3.54. The summed E-state index contributed by atoms with van der Waals surface area (Å²) in [6.45, 7) is 0.175. The van der Waals surface area contributed by atoms with Crippen molar-refractivity contribution in [2.45, 2.75) is 23.3 Å². The average Bonchev–Trinajstić information content (AvgIpc) is 3.09. The topological polar surface area (TPSA) is 75.2 Å². The van der Waals surface area contributed by atoms with Gasteiger partial charge in [-0.15, -0.1) is 10.2 Å². The zero-order valence-electron chi connectivity index (χ0n) is 11.9. The molecule has 22 heavy (non-hydrogen) atoms. The number of nitrogens with one attached hydrogen (secondary N) is 1. The van der Waals surface area contributed by atoms with Crippen molar-refractivity contribution in [3.8, 4) is 0 Å². The fraction of sp³-hybridized carbons (Fsp3) is 0.286. The molecule has 6 nitrogen and oxygen atoms in total. The van der Waals surface area contributed by atoms with E-state index in [1.165, 1.54) is 28.0 Å². The van der Waals surface area contributed by atoms with Gasteiger partial charge < -0.3 is 5.32 Å². The van der Waals surface area contributed by atoms with Gasteiger partial charge >= 0.3 is 6.03 Å². The van der Waals surface area contributed by atoms with Gasteiger partial charge in [0.2, 0.25) is 0 Å². The van der Waals surface area contributed by atoms with Crippen LogP contribution in [0.3, 0.4) is 0 Å². The minimum Gasteiger partial charge on any atom is -0.325 e. The Labute approximate surface area is 135 Å². The number of carbonyl (C=O) groups is 2. The molecule has 0 radical (unpaired) electrons. The van der Waals surface area contributed by atoms with Crippen LogP contribution >= 0.6 is 23.1 Å². The van der Waals surface area contributed by atoms with Crippen molar-refractivity contribution in [2.24, 2.45) is 0 Å². The lowest BCUT2D eigenvalue weighted by molar-refractivity contribution is -0.127. The summed E-state index contributed by atoms with van der Waals surface area (Å²) in [7, 11) is 0. The van der Waals surface area contributed by atoms with Crippen LogP contribution in [-0.4, -0.2) is 39.3 Å². The molecule has 3 rings (SSSR count). The number of hydrogen-bond donors (Lipinski definition) is 1. The second-order valence-corrected chi connectivity index (χ2v) is 6.90. The second kappa shape index (κ2) is 6.45. The Kier molecular flexibility index (Phi) is 4.39. The average molecular weight is 334 g/mol. The van der Waals surface area contributed by atoms with Crippen LogP contribution in [0.1, 0.15) is 10.6 Å². The minimum absolute atomic E-state index is 0.175. The van der Waals surface area contributed by atoms with Crippen LogP contribution in [-0.2, 0) is 17.8 Å². The molecule has 1 aromatic carbocycles. The molecule has 1 fully saturated rings. The second-order valence-electron chi connectivity index (χ2n) is 4.78. The first kappa shape index (κ1) is 15.0. The molecular formula is C14H14N4O2S2. The van der Waals surface area contributed by atoms with Crippen molar-refractivity contribution in [3.05, 3.63) is 40.9 Å². The molecule has 1 aliphatic heterocycles. The number of carbonyl (C=O) groups excluding carboxylic acids is 2. The maximum Gasteiger partial charge on any atom is 0.325 e. The smallest absolute Gasteiger partial charge is 0.325 e. The number of rotatable bonds is 5. The summed E-state index contributed by atoms with van der Waals surface area (Å²) in [5, 5.41) is 11.4. The summed E-state index contributed by atoms with van der Waals surface area (Å²) in [6, 6.07) is 8.76. The van der Waals surface area contributed by atoms with E-state index >= 15 is 0 Å². The summed E-state index contributed by atoms with van der Waals surface area (Å²) >= 11 is 2.89. The molecule has 1 N–H and O–H groups in total. The van der Waals surface area contributed by atoms with Crippen molar-refractivity contribution in [2.75, 3.05) is 6.26 Å². The van der Waals surface area contributed by atoms with Gasteiger partial charge in [0.05, 0.1) is 6.54 Å². The number of hydrogen-bond acceptors (Lipinski definition) is 6. The highest BCUT2D eigenvalue weighted by molar-refractivity contribution is 8.00. The molecule has 1 unspecified atom stereocenters. The van der Waals surface area contributed by atoms with Crippen molar-refractivity contribution < 1.29 is 9.59 Å². The first-order chi connectivity index (χ1) is 10.7. The summed E-state index contributed by atoms with van der Waals surface area (Å²) in [4.78, 5) is 25.6. The van der Waals surface area contributed by atoms with E-state index in [9.17, 15) is 9.59 Å². The summed E-state index contributed by atoms with van der Waals surface area (Å²) < 4.78 is 0.822. The number of imide groups is 1. The molecule has 114 valence electrons. The highest BCUT2D eigenvalue weighted by Gasteiger charge is 2.38. The summed E-state index contributed by atoms with van der Waals surface area (Å²) in [6.07, 6.45) is 2.40. The van der Waals surface area contributed by atoms with Crippen LogP contribution in [0.4, 0.5) is 4.79 Å². The lowest BCUT2D eigenvalue weighted by Crippen LogP contribution is -2.32. The van der Waals surface area contributed by atoms with Gasteiger partial charge in [0, 0.05) is 6.42 Å². The number of urea groups is 1. The minimum atomic E-state index is -0.511. The van der Waals surface area contributed by atoms with Gasteiger partial charge in [0.15, 0.2) is 4.34 Å². The lowest BCUT2D eigenvalue weighted by Gasteiger charge is -2.10. The predicted molar refractivity (Wildman–Crippen MR) is 84.7 cm³/mol. The van der Waals surface area contributed by atoms with Gasteiger partial charge in [-0.2, -0.15) is 0 Å². The van der Waals surface area contributed by atoms with E-state index in [1.54, 1.807) is 0 Å². The number of aromatic nitrogens is 2. The predicted octanol–water partition coefficient (Wildman–Crippen LogP) is 1.92. The zero-order chi connectivity index (χ0) is 15.5. The number of thioether (sulfide) groups is 1. The molecule has 0 aliphatic carbocycles. The molecule has 8 heteroatoms. The van der Waals surface area contributed by atoms with Crippen LogP contribution in [0, 0.1) is 0 Å². The third-order valence-corrected chi connectivity index (χ3v) is 5.19. The van der Waals surface area contributed by atoms with Crippen LogP contribution < -0.4 is 5.32 Å². The van der Waals surface area contributed by atoms with Gasteiger partial charge in [0.25, 0.3) is 5.91 Å². The van der Waals surface area contributed by atoms with Gasteiger partial charge in [-0.1, -0.05) is 53.4 Å². The van der Waals surface area contributed by atoms with Crippen molar-refractivity contribution in [1.29, 1.82) is 0 Å². The molecule has 1 saturated heterocycles. The Morgan fingerprint density at radius 2 is 2.05 bits per heavy atom. The maximum absolute atomic E-state index is 12.4. The fourth-order valence-electron chi connectivity index (χ4n) is 2.23. The normalized spacial score (nSPS) is 17.9. The van der Waals surface area contributed by atoms with Gasteiger partial charge in [-0.05, 0) is 11.8 Å². The lowest BCUT2D eigenvalue weighted by atomic mass is 10.1. The van der Waals surface area contributed by atoms with E-state index in [0.717, 1.165) is 9.90 Å². The Balaban J connectivity index is 1.68. The van der Waals surface area contributed by atoms with Gasteiger partial charge in [-0.25, -0.2) is 4.79 Å². The van der Waals surface area contributed by atoms with Crippen molar-refractivity contribution >= 4 is 35.0 Å². The molecule has 1 aliphatic rings. The maximum atomic E-state index is 12.4. The quantitative estimate of drug-likeness (QED) is 0.668. The molecule has 1 aromatic heterocycles. The van der Waals surface area contributed by atoms with Gasteiger partial charge in [-0.3, -0.25) is 9.69 Å². The van der Waals surface area contributed by atoms with Crippen LogP contribution in [0.15, 0.2) is 34.7 Å². The first-order valence-electron chi connectivity index (χ1n) is 6.69. The van der Waals surface area contributed by atoms with E-state index in [4.69, 9.17) is 0 Å². The molecule has 0 spiro atoms. The Bertz CT molecular complexity index is 689. The first-order valence-corrected chi connectivity index (χ1v) is 8.73. The van der Waals surface area contributed by atoms with E-state index in [0.29, 0.717) is 11.4 Å². The molecule has 2 heterocycles. The SMILES string of the molecule is CSc1nnc(CN2C(=O)NC(Cc3ccccc3)C2=O)s1. The summed E-state index contributed by atoms with van der Waals surface area (Å²) in [5.74, 6) is -0.213. The van der Waals surface area contributed by atoms with Crippen LogP contribution in [0.5, 0.6) is 0 Å².